The van der Waals surface area contributed by atoms with Crippen molar-refractivity contribution < 1.29 is 8.81 Å². The van der Waals surface area contributed by atoms with Crippen LogP contribution in [-0.4, -0.2) is 4.98 Å². The number of benzene rings is 3. The Morgan fingerprint density at radius 3 is 2.41 bits per heavy atom. The summed E-state index contributed by atoms with van der Waals surface area (Å²) in [4.78, 5) is 4.96. The maximum atomic E-state index is 14.3. The van der Waals surface area contributed by atoms with Crippen molar-refractivity contribution in [1.29, 1.82) is 0 Å². The number of para-hydroxylation sites is 1. The molecule has 0 N–H and O–H groups in total. The van der Waals surface area contributed by atoms with Gasteiger partial charge in [0, 0.05) is 27.9 Å². The van der Waals surface area contributed by atoms with Crippen LogP contribution in [0.1, 0.15) is 63.5 Å². The Morgan fingerprint density at radius 1 is 0.875 bits per heavy atom. The van der Waals surface area contributed by atoms with Gasteiger partial charge >= 0.3 is 0 Å². The van der Waals surface area contributed by atoms with E-state index in [1.54, 1.807) is 6.07 Å². The number of furan rings is 1. The van der Waals surface area contributed by atoms with Crippen molar-refractivity contribution >= 4 is 32.7 Å². The minimum absolute atomic E-state index is 0.216. The zero-order chi connectivity index (χ0) is 22.4. The minimum atomic E-state index is -0.216. The van der Waals surface area contributed by atoms with E-state index >= 15 is 0 Å². The van der Waals surface area contributed by atoms with Crippen LogP contribution < -0.4 is 0 Å². The Bertz CT molecular complexity index is 1440. The van der Waals surface area contributed by atoms with Gasteiger partial charge < -0.3 is 4.42 Å². The molecule has 0 spiro atoms. The van der Waals surface area contributed by atoms with Crippen LogP contribution in [0.2, 0.25) is 0 Å². The second-order valence-corrected chi connectivity index (χ2v) is 8.96. The van der Waals surface area contributed by atoms with E-state index in [0.29, 0.717) is 11.8 Å². The van der Waals surface area contributed by atoms with Crippen LogP contribution in [-0.2, 0) is 0 Å². The van der Waals surface area contributed by atoms with Gasteiger partial charge in [-0.3, -0.25) is 4.98 Å². The molecule has 3 aromatic carbocycles. The van der Waals surface area contributed by atoms with Gasteiger partial charge in [0.25, 0.3) is 0 Å². The van der Waals surface area contributed by atoms with E-state index in [4.69, 9.17) is 9.40 Å². The molecule has 3 heteroatoms. The number of hydrogen-bond acceptors (Lipinski definition) is 2. The third-order valence-electron chi connectivity index (χ3n) is 6.73. The van der Waals surface area contributed by atoms with Crippen molar-refractivity contribution in [2.24, 2.45) is 0 Å². The third-order valence-corrected chi connectivity index (χ3v) is 6.73. The zero-order valence-electron chi connectivity index (χ0n) is 19.1. The Balaban J connectivity index is 1.88. The molecular formula is C29H28FNO. The van der Waals surface area contributed by atoms with Crippen LogP contribution in [0.3, 0.4) is 0 Å². The van der Waals surface area contributed by atoms with Gasteiger partial charge in [-0.2, -0.15) is 0 Å². The summed E-state index contributed by atoms with van der Waals surface area (Å²) in [6, 6.07) is 17.6. The summed E-state index contributed by atoms with van der Waals surface area (Å²) in [6.45, 7) is 8.75. The van der Waals surface area contributed by atoms with Crippen LogP contribution in [0, 0.1) is 5.82 Å². The fourth-order valence-electron chi connectivity index (χ4n) is 4.86. The highest BCUT2D eigenvalue weighted by Gasteiger charge is 2.20. The lowest BCUT2D eigenvalue weighted by atomic mass is 9.89. The molecule has 2 heterocycles. The van der Waals surface area contributed by atoms with Crippen LogP contribution in [0.15, 0.2) is 65.2 Å². The highest BCUT2D eigenvalue weighted by Crippen LogP contribution is 2.41. The van der Waals surface area contributed by atoms with Crippen molar-refractivity contribution in [3.05, 3.63) is 77.7 Å². The van der Waals surface area contributed by atoms with Crippen LogP contribution >= 0.6 is 0 Å². The van der Waals surface area contributed by atoms with E-state index in [-0.39, 0.29) is 5.82 Å². The first-order valence-electron chi connectivity index (χ1n) is 11.6. The molecule has 0 atom stereocenters. The molecule has 0 saturated carbocycles. The molecule has 0 aliphatic rings. The average molecular weight is 426 g/mol. The minimum Gasteiger partial charge on any atom is -0.455 e. The lowest BCUT2D eigenvalue weighted by Crippen LogP contribution is -2.00. The molecule has 5 aromatic rings. The lowest BCUT2D eigenvalue weighted by molar-refractivity contribution is 0.626. The number of fused-ring (bicyclic) bond motifs is 4. The van der Waals surface area contributed by atoms with Crippen molar-refractivity contribution in [1.82, 2.24) is 4.98 Å². The van der Waals surface area contributed by atoms with Crippen LogP contribution in [0.25, 0.3) is 44.0 Å². The SMILES string of the molecule is CCC(CC)c1cnc(-c2cc(C(C)C)cc3c2oc2ccccc23)c2ccc(F)cc12. The van der Waals surface area contributed by atoms with Gasteiger partial charge in [-0.05, 0) is 77.6 Å². The van der Waals surface area contributed by atoms with Gasteiger partial charge in [0.05, 0.1) is 5.69 Å². The standard InChI is InChI=1S/C29H28FNO/c1-5-18(6-2)26-16-31-28(22-12-11-20(30)15-23(22)26)25-14-19(17(3)4)13-24-21-9-7-8-10-27(21)32-29(24)25/h7-18H,5-6H2,1-4H3. The van der Waals surface area contributed by atoms with E-state index in [2.05, 4.69) is 45.9 Å². The summed E-state index contributed by atoms with van der Waals surface area (Å²) in [7, 11) is 0. The molecule has 0 aliphatic heterocycles. The molecule has 0 aliphatic carbocycles. The first-order valence-corrected chi connectivity index (χ1v) is 11.6. The molecule has 162 valence electrons. The summed E-state index contributed by atoms with van der Waals surface area (Å²) < 4.78 is 20.7. The molecule has 0 fully saturated rings. The molecule has 5 rings (SSSR count). The highest BCUT2D eigenvalue weighted by molar-refractivity contribution is 6.12. The Morgan fingerprint density at radius 2 is 1.66 bits per heavy atom. The molecule has 0 unspecified atom stereocenters. The molecule has 0 radical (unpaired) electrons. The smallest absolute Gasteiger partial charge is 0.144 e. The largest absolute Gasteiger partial charge is 0.455 e. The van der Waals surface area contributed by atoms with Gasteiger partial charge in [0.2, 0.25) is 0 Å². The fourth-order valence-corrected chi connectivity index (χ4v) is 4.86. The van der Waals surface area contributed by atoms with Gasteiger partial charge in [-0.1, -0.05) is 45.9 Å². The third kappa shape index (κ3) is 3.28. The van der Waals surface area contributed by atoms with Crippen LogP contribution in [0.4, 0.5) is 4.39 Å². The summed E-state index contributed by atoms with van der Waals surface area (Å²) in [5.41, 5.74) is 5.88. The number of nitrogens with zero attached hydrogens (tertiary/aromatic N) is 1. The van der Waals surface area contributed by atoms with E-state index in [1.807, 2.05) is 30.5 Å². The molecular weight excluding hydrogens is 397 g/mol. The summed E-state index contributed by atoms with van der Waals surface area (Å²) in [6.07, 6.45) is 3.95. The van der Waals surface area contributed by atoms with E-state index in [9.17, 15) is 4.39 Å². The quantitative estimate of drug-likeness (QED) is 0.281. The van der Waals surface area contributed by atoms with Crippen molar-refractivity contribution in [3.8, 4) is 11.3 Å². The fraction of sp³-hybridized carbons (Fsp3) is 0.276. The van der Waals surface area contributed by atoms with E-state index in [1.165, 1.54) is 11.6 Å². The topological polar surface area (TPSA) is 26.0 Å². The number of halogens is 1. The normalized spacial score (nSPS) is 12.1. The Kier molecular flexibility index (Phi) is 5.21. The molecule has 0 amide bonds. The van der Waals surface area contributed by atoms with Crippen LogP contribution in [0.5, 0.6) is 0 Å². The van der Waals surface area contributed by atoms with Crippen molar-refractivity contribution in [2.45, 2.75) is 52.4 Å². The Hall–Kier alpha value is -3.20. The van der Waals surface area contributed by atoms with Gasteiger partial charge in [-0.15, -0.1) is 0 Å². The molecule has 32 heavy (non-hydrogen) atoms. The molecule has 2 nitrogen and oxygen atoms in total. The first-order chi connectivity index (χ1) is 15.5. The van der Waals surface area contributed by atoms with Gasteiger partial charge in [0.15, 0.2) is 0 Å². The number of hydrogen-bond donors (Lipinski definition) is 0. The number of pyridine rings is 1. The average Bonchev–Trinajstić information content (AvgIpc) is 3.18. The summed E-state index contributed by atoms with van der Waals surface area (Å²) in [5.74, 6) is 0.500. The Labute approximate surface area is 188 Å². The zero-order valence-corrected chi connectivity index (χ0v) is 19.1. The first kappa shape index (κ1) is 20.7. The van der Waals surface area contributed by atoms with Crippen molar-refractivity contribution in [3.63, 3.8) is 0 Å². The van der Waals surface area contributed by atoms with E-state index in [0.717, 1.165) is 62.4 Å². The predicted molar refractivity (Wildman–Crippen MR) is 132 cm³/mol. The summed E-state index contributed by atoms with van der Waals surface area (Å²) in [5, 5.41) is 4.12. The highest BCUT2D eigenvalue weighted by atomic mass is 19.1. The summed E-state index contributed by atoms with van der Waals surface area (Å²) >= 11 is 0. The lowest BCUT2D eigenvalue weighted by Gasteiger charge is -2.18. The number of rotatable bonds is 5. The number of aromatic nitrogens is 1. The molecule has 0 saturated heterocycles. The molecule has 2 aromatic heterocycles. The predicted octanol–water partition coefficient (Wildman–Crippen LogP) is 8.97. The van der Waals surface area contributed by atoms with E-state index < -0.39 is 0 Å². The second-order valence-electron chi connectivity index (χ2n) is 8.96. The monoisotopic (exact) mass is 425 g/mol. The maximum absolute atomic E-state index is 14.3. The molecule has 0 bridgehead atoms. The maximum Gasteiger partial charge on any atom is 0.144 e. The van der Waals surface area contributed by atoms with Gasteiger partial charge in [-0.25, -0.2) is 4.39 Å². The van der Waals surface area contributed by atoms with Gasteiger partial charge in [0.1, 0.15) is 17.0 Å². The second kappa shape index (κ2) is 8.05. The van der Waals surface area contributed by atoms with Crippen molar-refractivity contribution in [2.75, 3.05) is 0 Å².